The molecule has 0 aromatic heterocycles. The van der Waals surface area contributed by atoms with Gasteiger partial charge in [0.15, 0.2) is 0 Å². The van der Waals surface area contributed by atoms with Crippen molar-refractivity contribution < 1.29 is 13.2 Å². The summed E-state index contributed by atoms with van der Waals surface area (Å²) in [4.78, 5) is 12.3. The van der Waals surface area contributed by atoms with E-state index in [2.05, 4.69) is 10.5 Å². The van der Waals surface area contributed by atoms with Gasteiger partial charge in [0, 0.05) is 0 Å². The number of nitrogens with one attached hydrogen (secondary N) is 1. The molecule has 0 aliphatic heterocycles. The third-order valence-electron chi connectivity index (χ3n) is 3.87. The van der Waals surface area contributed by atoms with E-state index in [4.69, 9.17) is 0 Å². The summed E-state index contributed by atoms with van der Waals surface area (Å²) in [5.74, 6) is -0.503. The molecule has 0 aliphatic carbocycles. The lowest BCUT2D eigenvalue weighted by Crippen LogP contribution is -2.39. The average molecular weight is 373 g/mol. The van der Waals surface area contributed by atoms with Gasteiger partial charge in [-0.2, -0.15) is 5.10 Å². The fraction of sp³-hybridized carbons (Fsp3) is 0.263. The van der Waals surface area contributed by atoms with E-state index in [-0.39, 0.29) is 6.54 Å². The van der Waals surface area contributed by atoms with Gasteiger partial charge < -0.3 is 0 Å². The van der Waals surface area contributed by atoms with Gasteiger partial charge in [-0.25, -0.2) is 13.8 Å². The van der Waals surface area contributed by atoms with Crippen molar-refractivity contribution in [2.24, 2.45) is 5.10 Å². The highest BCUT2D eigenvalue weighted by molar-refractivity contribution is 7.92. The van der Waals surface area contributed by atoms with Gasteiger partial charge >= 0.3 is 0 Å². The van der Waals surface area contributed by atoms with E-state index in [1.165, 1.54) is 0 Å². The molecule has 0 unspecified atom stereocenters. The molecule has 6 nitrogen and oxygen atoms in total. The number of sulfonamides is 1. The van der Waals surface area contributed by atoms with Crippen molar-refractivity contribution in [3.05, 3.63) is 65.7 Å². The molecular weight excluding hydrogens is 350 g/mol. The maximum absolute atomic E-state index is 12.3. The van der Waals surface area contributed by atoms with Gasteiger partial charge in [0.25, 0.3) is 5.91 Å². The Morgan fingerprint density at radius 2 is 1.69 bits per heavy atom. The molecule has 0 bridgehead atoms. The fourth-order valence-corrected chi connectivity index (χ4v) is 3.38. The summed E-state index contributed by atoms with van der Waals surface area (Å²) in [6.07, 6.45) is 1.75. The molecule has 0 saturated carbocycles. The highest BCUT2D eigenvalue weighted by atomic mass is 32.2. The maximum Gasteiger partial charge on any atom is 0.260 e. The van der Waals surface area contributed by atoms with Crippen molar-refractivity contribution in [1.29, 1.82) is 0 Å². The number of hydrazone groups is 1. The third-order valence-corrected chi connectivity index (χ3v) is 5.00. The van der Waals surface area contributed by atoms with E-state index in [9.17, 15) is 13.2 Å². The summed E-state index contributed by atoms with van der Waals surface area (Å²) in [7, 11) is -3.61. The zero-order valence-corrected chi connectivity index (χ0v) is 16.0. The number of anilines is 1. The Labute approximate surface area is 154 Å². The molecule has 0 heterocycles. The second-order valence-electron chi connectivity index (χ2n) is 5.85. The van der Waals surface area contributed by atoms with Crippen LogP contribution >= 0.6 is 0 Å². The lowest BCUT2D eigenvalue weighted by Gasteiger charge is -2.23. The van der Waals surface area contributed by atoms with Gasteiger partial charge in [0.2, 0.25) is 10.0 Å². The Morgan fingerprint density at radius 3 is 2.31 bits per heavy atom. The molecule has 0 aliphatic rings. The highest BCUT2D eigenvalue weighted by Gasteiger charge is 2.22. The van der Waals surface area contributed by atoms with E-state index in [1.54, 1.807) is 19.1 Å². The van der Waals surface area contributed by atoms with E-state index < -0.39 is 15.9 Å². The fourth-order valence-electron chi connectivity index (χ4n) is 2.49. The quantitative estimate of drug-likeness (QED) is 0.598. The summed E-state index contributed by atoms with van der Waals surface area (Å²) >= 11 is 0. The van der Waals surface area contributed by atoms with Crippen molar-refractivity contribution in [2.75, 3.05) is 17.1 Å². The number of hydrogen-bond acceptors (Lipinski definition) is 4. The lowest BCUT2D eigenvalue weighted by molar-refractivity contribution is -0.119. The predicted octanol–water partition coefficient (Wildman–Crippen LogP) is 2.56. The van der Waals surface area contributed by atoms with Gasteiger partial charge in [0.1, 0.15) is 6.54 Å². The van der Waals surface area contributed by atoms with Crippen LogP contribution in [0, 0.1) is 0 Å². The van der Waals surface area contributed by atoms with Crippen LogP contribution in [0.25, 0.3) is 0 Å². The highest BCUT2D eigenvalue weighted by Crippen LogP contribution is 2.23. The zero-order chi connectivity index (χ0) is 19.2. The first-order valence-electron chi connectivity index (χ1n) is 8.27. The molecule has 138 valence electrons. The van der Waals surface area contributed by atoms with Crippen LogP contribution in [0.5, 0.6) is 0 Å². The first-order valence-corrected chi connectivity index (χ1v) is 10.1. The minimum atomic E-state index is -3.61. The predicted molar refractivity (Wildman–Crippen MR) is 105 cm³/mol. The van der Waals surface area contributed by atoms with Crippen LogP contribution in [0.1, 0.15) is 25.0 Å². The van der Waals surface area contributed by atoms with E-state index in [0.717, 1.165) is 21.7 Å². The number of hydrogen-bond donors (Lipinski definition) is 1. The van der Waals surface area contributed by atoms with Gasteiger partial charge in [-0.05, 0) is 30.5 Å². The van der Waals surface area contributed by atoms with Crippen LogP contribution in [0.15, 0.2) is 59.7 Å². The SMILES string of the molecule is CCc1ccccc1N(CC(=O)N/N=C(/C)c1ccccc1)S(C)(=O)=O. The summed E-state index contributed by atoms with van der Waals surface area (Å²) in [6, 6.07) is 16.6. The standard InChI is InChI=1S/C19H23N3O3S/c1-4-16-10-8-9-13-18(16)22(26(3,24)25)14-19(23)21-20-15(2)17-11-6-5-7-12-17/h5-13H,4,14H2,1-3H3,(H,21,23)/b20-15-. The molecule has 2 rings (SSSR count). The van der Waals surface area contributed by atoms with Crippen LogP contribution in [-0.2, 0) is 21.2 Å². The number of carbonyl (C=O) groups is 1. The number of para-hydroxylation sites is 1. The summed E-state index contributed by atoms with van der Waals surface area (Å²) in [5, 5.41) is 4.06. The van der Waals surface area contributed by atoms with Crippen LogP contribution < -0.4 is 9.73 Å². The number of carbonyl (C=O) groups excluding carboxylic acids is 1. The Balaban J connectivity index is 2.18. The number of amides is 1. The molecule has 0 spiro atoms. The molecule has 0 atom stereocenters. The topological polar surface area (TPSA) is 78.8 Å². The lowest BCUT2D eigenvalue weighted by atomic mass is 10.1. The molecule has 2 aromatic rings. The van der Waals surface area contributed by atoms with Crippen LogP contribution in [0.2, 0.25) is 0 Å². The van der Waals surface area contributed by atoms with Crippen molar-refractivity contribution >= 4 is 27.3 Å². The van der Waals surface area contributed by atoms with E-state index >= 15 is 0 Å². The average Bonchev–Trinajstić information content (AvgIpc) is 2.64. The Morgan fingerprint density at radius 1 is 1.08 bits per heavy atom. The Bertz CT molecular complexity index is 893. The smallest absolute Gasteiger partial charge is 0.260 e. The van der Waals surface area contributed by atoms with Gasteiger partial charge in [0.05, 0.1) is 17.7 Å². The summed E-state index contributed by atoms with van der Waals surface area (Å²) in [6.45, 7) is 3.38. The largest absolute Gasteiger partial charge is 0.271 e. The first-order chi connectivity index (χ1) is 12.3. The second kappa shape index (κ2) is 8.62. The Kier molecular flexibility index (Phi) is 6.52. The molecule has 1 amide bonds. The molecule has 1 N–H and O–H groups in total. The molecule has 0 saturated heterocycles. The third kappa shape index (κ3) is 5.16. The minimum Gasteiger partial charge on any atom is -0.271 e. The number of aryl methyl sites for hydroxylation is 1. The number of benzene rings is 2. The monoisotopic (exact) mass is 373 g/mol. The molecule has 0 fully saturated rings. The van der Waals surface area contributed by atoms with E-state index in [0.29, 0.717) is 17.8 Å². The maximum atomic E-state index is 12.3. The minimum absolute atomic E-state index is 0.332. The molecule has 2 aromatic carbocycles. The molecule has 26 heavy (non-hydrogen) atoms. The molecular formula is C19H23N3O3S. The van der Waals surface area contributed by atoms with Gasteiger partial charge in [-0.1, -0.05) is 55.5 Å². The van der Waals surface area contributed by atoms with E-state index in [1.807, 2.05) is 49.4 Å². The Hall–Kier alpha value is -2.67. The zero-order valence-electron chi connectivity index (χ0n) is 15.1. The first kappa shape index (κ1) is 19.7. The molecule has 0 radical (unpaired) electrons. The van der Waals surface area contributed by atoms with Gasteiger partial charge in [-0.3, -0.25) is 9.10 Å². The summed E-state index contributed by atoms with van der Waals surface area (Å²) in [5.41, 5.74) is 5.32. The number of nitrogens with zero attached hydrogens (tertiary/aromatic N) is 2. The van der Waals surface area contributed by atoms with Crippen molar-refractivity contribution in [1.82, 2.24) is 5.43 Å². The van der Waals surface area contributed by atoms with Crippen LogP contribution in [0.3, 0.4) is 0 Å². The summed E-state index contributed by atoms with van der Waals surface area (Å²) < 4.78 is 25.5. The van der Waals surface area contributed by atoms with Crippen molar-refractivity contribution in [2.45, 2.75) is 20.3 Å². The van der Waals surface area contributed by atoms with Gasteiger partial charge in [-0.15, -0.1) is 0 Å². The van der Waals surface area contributed by atoms with Crippen molar-refractivity contribution in [3.63, 3.8) is 0 Å². The van der Waals surface area contributed by atoms with Crippen LogP contribution in [-0.4, -0.2) is 32.8 Å². The number of rotatable bonds is 7. The van der Waals surface area contributed by atoms with Crippen LogP contribution in [0.4, 0.5) is 5.69 Å². The van der Waals surface area contributed by atoms with Crippen molar-refractivity contribution in [3.8, 4) is 0 Å². The second-order valence-corrected chi connectivity index (χ2v) is 7.76. The normalized spacial score (nSPS) is 11.9. The molecule has 7 heteroatoms.